The maximum absolute atomic E-state index is 11.7. The van der Waals surface area contributed by atoms with Gasteiger partial charge >= 0.3 is 0 Å². The molecule has 0 atom stereocenters. The molecule has 0 bridgehead atoms. The average molecular weight is 289 g/mol. The summed E-state index contributed by atoms with van der Waals surface area (Å²) in [6.07, 6.45) is 3.47. The minimum atomic E-state index is -3.16. The van der Waals surface area contributed by atoms with Crippen LogP contribution in [0.25, 0.3) is 0 Å². The Hall–Kier alpha value is -0.990. The number of nitrogens with zero attached hydrogens (tertiary/aromatic N) is 2. The quantitative estimate of drug-likeness (QED) is 0.528. The van der Waals surface area contributed by atoms with Gasteiger partial charge in [-0.15, -0.1) is 0 Å². The minimum absolute atomic E-state index is 0.162. The zero-order valence-electron chi connectivity index (χ0n) is 11.5. The van der Waals surface area contributed by atoms with E-state index in [4.69, 9.17) is 0 Å². The fourth-order valence-electron chi connectivity index (χ4n) is 1.56. The molecule has 3 N–H and O–H groups in total. The first kappa shape index (κ1) is 16.1. The fourth-order valence-corrected chi connectivity index (χ4v) is 2.68. The normalized spacial score (nSPS) is 12.2. The van der Waals surface area contributed by atoms with Crippen LogP contribution in [0.15, 0.2) is 6.33 Å². The lowest BCUT2D eigenvalue weighted by Crippen LogP contribution is -2.30. The summed E-state index contributed by atoms with van der Waals surface area (Å²) in [5, 5.41) is 9.66. The third-order valence-corrected chi connectivity index (χ3v) is 3.99. The molecule has 0 aliphatic heterocycles. The molecule has 0 spiro atoms. The number of hydrogen-bond acceptors (Lipinski definition) is 5. The van der Waals surface area contributed by atoms with Gasteiger partial charge in [0.25, 0.3) is 0 Å². The van der Waals surface area contributed by atoms with Crippen molar-refractivity contribution in [2.24, 2.45) is 0 Å². The number of hydrogen-bond donors (Lipinski definition) is 3. The molecular formula is C11H23N5O2S. The molecule has 8 heteroatoms. The first-order valence-corrected chi connectivity index (χ1v) is 8.20. The second-order valence-corrected chi connectivity index (χ2v) is 6.64. The Kier molecular flexibility index (Phi) is 6.96. The van der Waals surface area contributed by atoms with Gasteiger partial charge in [-0.3, -0.25) is 5.10 Å². The van der Waals surface area contributed by atoms with E-state index in [1.165, 1.54) is 6.33 Å². The fraction of sp³-hybridized carbons (Fsp3) is 0.818. The average Bonchev–Trinajstić information content (AvgIpc) is 2.83. The van der Waals surface area contributed by atoms with Gasteiger partial charge in [0.15, 0.2) is 0 Å². The van der Waals surface area contributed by atoms with Gasteiger partial charge in [-0.1, -0.05) is 13.8 Å². The van der Waals surface area contributed by atoms with Crippen LogP contribution < -0.4 is 10.0 Å². The van der Waals surface area contributed by atoms with Gasteiger partial charge in [0.1, 0.15) is 12.2 Å². The van der Waals surface area contributed by atoms with Crippen molar-refractivity contribution in [2.45, 2.75) is 39.2 Å². The summed E-state index contributed by atoms with van der Waals surface area (Å²) in [4.78, 5) is 3.98. The van der Waals surface area contributed by atoms with Crippen molar-refractivity contribution >= 4 is 10.0 Å². The summed E-state index contributed by atoms with van der Waals surface area (Å²) in [5.74, 6) is 0.940. The van der Waals surface area contributed by atoms with E-state index in [0.29, 0.717) is 31.8 Å². The summed E-state index contributed by atoms with van der Waals surface area (Å²) >= 11 is 0. The molecule has 0 fully saturated rings. The zero-order valence-corrected chi connectivity index (χ0v) is 12.3. The lowest BCUT2D eigenvalue weighted by Gasteiger charge is -2.09. The first-order valence-electron chi connectivity index (χ1n) is 6.54. The van der Waals surface area contributed by atoms with E-state index in [2.05, 4.69) is 25.2 Å². The molecule has 110 valence electrons. The van der Waals surface area contributed by atoms with Crippen LogP contribution in [-0.4, -0.2) is 48.5 Å². The Morgan fingerprint density at radius 3 is 2.74 bits per heavy atom. The van der Waals surface area contributed by atoms with E-state index in [1.54, 1.807) is 0 Å². The topological polar surface area (TPSA) is 99.8 Å². The molecule has 0 amide bonds. The van der Waals surface area contributed by atoms with Crippen LogP contribution in [0.4, 0.5) is 0 Å². The van der Waals surface area contributed by atoms with E-state index in [0.717, 1.165) is 12.4 Å². The molecule has 0 saturated carbocycles. The summed E-state index contributed by atoms with van der Waals surface area (Å²) in [6.45, 7) is 5.23. The maximum atomic E-state index is 11.7. The molecule has 7 nitrogen and oxygen atoms in total. The second-order valence-electron chi connectivity index (χ2n) is 4.71. The van der Waals surface area contributed by atoms with E-state index >= 15 is 0 Å². The predicted molar refractivity (Wildman–Crippen MR) is 74.2 cm³/mol. The Labute approximate surface area is 114 Å². The van der Waals surface area contributed by atoms with Crippen molar-refractivity contribution in [1.82, 2.24) is 25.2 Å². The monoisotopic (exact) mass is 289 g/mol. The third-order valence-electron chi connectivity index (χ3n) is 2.52. The summed E-state index contributed by atoms with van der Waals surface area (Å²) in [7, 11) is -3.16. The Bertz CT molecular complexity index is 430. The third kappa shape index (κ3) is 7.91. The smallest absolute Gasteiger partial charge is 0.211 e. The molecule has 19 heavy (non-hydrogen) atoms. The number of sulfonamides is 1. The van der Waals surface area contributed by atoms with Gasteiger partial charge in [0.05, 0.1) is 5.75 Å². The van der Waals surface area contributed by atoms with Crippen LogP contribution in [0.3, 0.4) is 0 Å². The number of aromatic nitrogens is 3. The van der Waals surface area contributed by atoms with E-state index in [-0.39, 0.29) is 5.75 Å². The molecule has 0 aliphatic rings. The van der Waals surface area contributed by atoms with Crippen molar-refractivity contribution in [3.05, 3.63) is 12.2 Å². The van der Waals surface area contributed by atoms with E-state index in [1.807, 2.05) is 13.8 Å². The van der Waals surface area contributed by atoms with Gasteiger partial charge in [-0.05, 0) is 19.4 Å². The summed E-state index contributed by atoms with van der Waals surface area (Å²) < 4.78 is 25.9. The van der Waals surface area contributed by atoms with Crippen molar-refractivity contribution in [1.29, 1.82) is 0 Å². The van der Waals surface area contributed by atoms with E-state index in [9.17, 15) is 8.42 Å². The van der Waals surface area contributed by atoms with Crippen molar-refractivity contribution in [3.63, 3.8) is 0 Å². The lowest BCUT2D eigenvalue weighted by molar-refractivity contribution is 0.559. The Morgan fingerprint density at radius 2 is 2.11 bits per heavy atom. The number of nitrogens with one attached hydrogen (secondary N) is 3. The second kappa shape index (κ2) is 8.23. The SMILES string of the molecule is CC(C)NCCCS(=O)(=O)NCCCc1ncn[nH]1. The predicted octanol–water partition coefficient (Wildman–Crippen LogP) is 0.0448. The molecule has 1 aromatic rings. The van der Waals surface area contributed by atoms with Crippen molar-refractivity contribution in [2.75, 3.05) is 18.8 Å². The number of aryl methyl sites for hydroxylation is 1. The largest absolute Gasteiger partial charge is 0.314 e. The maximum Gasteiger partial charge on any atom is 0.211 e. The van der Waals surface area contributed by atoms with Crippen LogP contribution in [0.2, 0.25) is 0 Å². The zero-order chi connectivity index (χ0) is 14.1. The molecule has 0 aliphatic carbocycles. The first-order chi connectivity index (χ1) is 8.99. The summed E-state index contributed by atoms with van der Waals surface area (Å²) in [6, 6.07) is 0.387. The standard InChI is InChI=1S/C11H23N5O2S/c1-10(2)12-6-4-8-19(17,18)15-7-3-5-11-13-9-14-16-11/h9-10,12,15H,3-8H2,1-2H3,(H,13,14,16). The summed E-state index contributed by atoms with van der Waals surface area (Å²) in [5.41, 5.74) is 0. The van der Waals surface area contributed by atoms with Crippen LogP contribution in [-0.2, 0) is 16.4 Å². The van der Waals surface area contributed by atoms with Crippen molar-refractivity contribution < 1.29 is 8.42 Å². The molecule has 0 radical (unpaired) electrons. The van der Waals surface area contributed by atoms with Gasteiger partial charge in [0, 0.05) is 19.0 Å². The molecule has 1 heterocycles. The molecular weight excluding hydrogens is 266 g/mol. The number of aromatic amines is 1. The van der Waals surface area contributed by atoms with Gasteiger partial charge < -0.3 is 5.32 Å². The highest BCUT2D eigenvalue weighted by Crippen LogP contribution is 1.94. The number of rotatable bonds is 10. The van der Waals surface area contributed by atoms with Gasteiger partial charge in [-0.25, -0.2) is 18.1 Å². The lowest BCUT2D eigenvalue weighted by atomic mass is 10.3. The Morgan fingerprint density at radius 1 is 1.32 bits per heavy atom. The van der Waals surface area contributed by atoms with E-state index < -0.39 is 10.0 Å². The van der Waals surface area contributed by atoms with Crippen LogP contribution >= 0.6 is 0 Å². The Balaban J connectivity index is 2.09. The molecule has 1 aromatic heterocycles. The van der Waals surface area contributed by atoms with Crippen LogP contribution in [0, 0.1) is 0 Å². The van der Waals surface area contributed by atoms with Crippen molar-refractivity contribution in [3.8, 4) is 0 Å². The number of H-pyrrole nitrogens is 1. The van der Waals surface area contributed by atoms with Crippen LogP contribution in [0.1, 0.15) is 32.5 Å². The molecule has 0 aromatic carbocycles. The van der Waals surface area contributed by atoms with Gasteiger partial charge in [-0.2, -0.15) is 5.10 Å². The molecule has 0 saturated heterocycles. The highest BCUT2D eigenvalue weighted by Gasteiger charge is 2.09. The molecule has 1 rings (SSSR count). The highest BCUT2D eigenvalue weighted by atomic mass is 32.2. The highest BCUT2D eigenvalue weighted by molar-refractivity contribution is 7.89. The van der Waals surface area contributed by atoms with Gasteiger partial charge in [0.2, 0.25) is 10.0 Å². The molecule has 0 unspecified atom stereocenters. The van der Waals surface area contributed by atoms with Crippen LogP contribution in [0.5, 0.6) is 0 Å². The minimum Gasteiger partial charge on any atom is -0.314 e.